The predicted octanol–water partition coefficient (Wildman–Crippen LogP) is 1.73. The third kappa shape index (κ3) is 4.37. The van der Waals surface area contributed by atoms with Crippen molar-refractivity contribution in [2.24, 2.45) is 0 Å². The molecular weight excluding hydrogens is 320 g/mol. The molecule has 2 heterocycles. The van der Waals surface area contributed by atoms with Crippen LogP contribution in [0.25, 0.3) is 0 Å². The van der Waals surface area contributed by atoms with E-state index in [1.807, 2.05) is 29.2 Å². The number of imidazole rings is 1. The van der Waals surface area contributed by atoms with Gasteiger partial charge in [0.05, 0.1) is 19.6 Å². The Morgan fingerprint density at radius 2 is 2.32 bits per heavy atom. The molecule has 1 aromatic carbocycles. The van der Waals surface area contributed by atoms with Gasteiger partial charge in [0.1, 0.15) is 11.4 Å². The summed E-state index contributed by atoms with van der Waals surface area (Å²) in [6.07, 6.45) is 4.77. The number of carbonyl (C=O) groups excluding carboxylic acids is 2. The average Bonchev–Trinajstić information content (AvgIpc) is 3.12. The number of amides is 2. The number of nitrogens with one attached hydrogen (secondary N) is 2. The van der Waals surface area contributed by atoms with Crippen LogP contribution in [0, 0.1) is 0 Å². The highest BCUT2D eigenvalue weighted by molar-refractivity contribution is 5.92. The zero-order valence-electron chi connectivity index (χ0n) is 14.2. The highest BCUT2D eigenvalue weighted by Gasteiger charge is 2.24. The highest BCUT2D eigenvalue weighted by Crippen LogP contribution is 2.18. The van der Waals surface area contributed by atoms with Crippen LogP contribution in [0.5, 0.6) is 5.75 Å². The summed E-state index contributed by atoms with van der Waals surface area (Å²) in [5.74, 6) is 0.710. The van der Waals surface area contributed by atoms with E-state index in [2.05, 4.69) is 15.3 Å². The van der Waals surface area contributed by atoms with Crippen molar-refractivity contribution in [2.75, 3.05) is 13.7 Å². The maximum absolute atomic E-state index is 12.4. The lowest BCUT2D eigenvalue weighted by Gasteiger charge is -2.21. The Bertz CT molecular complexity index is 730. The van der Waals surface area contributed by atoms with E-state index in [1.54, 1.807) is 7.11 Å². The number of H-pyrrole nitrogens is 1. The molecule has 0 radical (unpaired) electrons. The first-order chi connectivity index (χ1) is 12.2. The Labute approximate surface area is 146 Å². The second-order valence-corrected chi connectivity index (χ2v) is 6.13. The van der Waals surface area contributed by atoms with Gasteiger partial charge >= 0.3 is 0 Å². The molecule has 0 saturated carbocycles. The molecule has 0 aliphatic carbocycles. The van der Waals surface area contributed by atoms with Crippen molar-refractivity contribution in [1.82, 2.24) is 20.2 Å². The first-order valence-electron chi connectivity index (χ1n) is 8.35. The number of carbonyl (C=O) groups is 2. The molecule has 1 fully saturated rings. The van der Waals surface area contributed by atoms with E-state index >= 15 is 0 Å². The molecule has 0 bridgehead atoms. The summed E-state index contributed by atoms with van der Waals surface area (Å²) in [6, 6.07) is 7.71. The minimum Gasteiger partial charge on any atom is -0.497 e. The van der Waals surface area contributed by atoms with Gasteiger partial charge in [0.2, 0.25) is 5.91 Å². The Balaban J connectivity index is 1.59. The van der Waals surface area contributed by atoms with E-state index < -0.39 is 0 Å². The van der Waals surface area contributed by atoms with Gasteiger partial charge in [-0.1, -0.05) is 12.1 Å². The maximum atomic E-state index is 12.4. The van der Waals surface area contributed by atoms with Crippen molar-refractivity contribution in [1.29, 1.82) is 0 Å². The molecule has 7 heteroatoms. The first kappa shape index (κ1) is 17.0. The normalized spacial score (nSPS) is 17.9. The number of aromatic nitrogens is 2. The van der Waals surface area contributed by atoms with Gasteiger partial charge in [-0.25, -0.2) is 4.98 Å². The Hall–Kier alpha value is -2.83. The lowest BCUT2D eigenvalue weighted by atomic mass is 10.1. The van der Waals surface area contributed by atoms with Crippen LogP contribution in [-0.2, 0) is 11.3 Å². The molecule has 1 saturated heterocycles. The molecule has 132 valence electrons. The summed E-state index contributed by atoms with van der Waals surface area (Å²) in [4.78, 5) is 33.0. The lowest BCUT2D eigenvalue weighted by Crippen LogP contribution is -2.36. The van der Waals surface area contributed by atoms with Crippen molar-refractivity contribution in [2.45, 2.75) is 31.8 Å². The molecule has 25 heavy (non-hydrogen) atoms. The third-order valence-corrected chi connectivity index (χ3v) is 4.39. The fraction of sp³-hybridized carbons (Fsp3) is 0.389. The number of hydrogen-bond donors (Lipinski definition) is 2. The summed E-state index contributed by atoms with van der Waals surface area (Å²) in [6.45, 7) is 1.17. The van der Waals surface area contributed by atoms with Crippen molar-refractivity contribution in [3.05, 3.63) is 48.0 Å². The zero-order chi connectivity index (χ0) is 17.6. The maximum Gasteiger partial charge on any atom is 0.269 e. The molecule has 2 N–H and O–H groups in total. The van der Waals surface area contributed by atoms with Crippen molar-refractivity contribution >= 4 is 11.8 Å². The molecule has 3 rings (SSSR count). The number of methoxy groups -OCH3 is 1. The number of likely N-dealkylation sites (tertiary alicyclic amines) is 1. The van der Waals surface area contributed by atoms with Crippen LogP contribution in [0.15, 0.2) is 36.8 Å². The predicted molar refractivity (Wildman–Crippen MR) is 92.1 cm³/mol. The number of nitrogens with zero attached hydrogens (tertiary/aromatic N) is 2. The van der Waals surface area contributed by atoms with Crippen LogP contribution < -0.4 is 10.1 Å². The van der Waals surface area contributed by atoms with E-state index in [4.69, 9.17) is 4.74 Å². The molecule has 0 spiro atoms. The fourth-order valence-corrected chi connectivity index (χ4v) is 2.98. The van der Waals surface area contributed by atoms with Gasteiger partial charge in [-0.2, -0.15) is 0 Å². The minimum atomic E-state index is -0.184. The molecule has 1 unspecified atom stereocenters. The number of rotatable bonds is 5. The van der Waals surface area contributed by atoms with Gasteiger partial charge in [-0.05, 0) is 30.5 Å². The topological polar surface area (TPSA) is 87.3 Å². The first-order valence-corrected chi connectivity index (χ1v) is 8.35. The van der Waals surface area contributed by atoms with Crippen LogP contribution in [-0.4, -0.2) is 46.4 Å². The monoisotopic (exact) mass is 342 g/mol. The van der Waals surface area contributed by atoms with Crippen LogP contribution in [0.4, 0.5) is 0 Å². The number of ether oxygens (including phenoxy) is 1. The summed E-state index contributed by atoms with van der Waals surface area (Å²) in [7, 11) is 1.63. The fourth-order valence-electron chi connectivity index (χ4n) is 2.98. The van der Waals surface area contributed by atoms with Crippen molar-refractivity contribution < 1.29 is 14.3 Å². The molecule has 2 aromatic rings. The number of hydrogen-bond acceptors (Lipinski definition) is 4. The smallest absolute Gasteiger partial charge is 0.269 e. The van der Waals surface area contributed by atoms with E-state index in [0.29, 0.717) is 31.6 Å². The van der Waals surface area contributed by atoms with Gasteiger partial charge < -0.3 is 19.9 Å². The van der Waals surface area contributed by atoms with E-state index in [1.165, 1.54) is 12.5 Å². The SMILES string of the molecule is COc1cccc(CN2CCC(NC(=O)c3cnc[nH]3)CCC2=O)c1. The van der Waals surface area contributed by atoms with Gasteiger partial charge in [-0.15, -0.1) is 0 Å². The summed E-state index contributed by atoms with van der Waals surface area (Å²) < 4.78 is 5.23. The van der Waals surface area contributed by atoms with Gasteiger partial charge in [-0.3, -0.25) is 9.59 Å². The largest absolute Gasteiger partial charge is 0.497 e. The lowest BCUT2D eigenvalue weighted by molar-refractivity contribution is -0.131. The van der Waals surface area contributed by atoms with Gasteiger partial charge in [0.15, 0.2) is 0 Å². The third-order valence-electron chi connectivity index (χ3n) is 4.39. The summed E-state index contributed by atoms with van der Waals surface area (Å²) in [5.41, 5.74) is 1.47. The second kappa shape index (κ2) is 7.83. The molecule has 1 aliphatic rings. The Morgan fingerprint density at radius 1 is 1.44 bits per heavy atom. The highest BCUT2D eigenvalue weighted by atomic mass is 16.5. The average molecular weight is 342 g/mol. The number of benzene rings is 1. The van der Waals surface area contributed by atoms with Crippen LogP contribution >= 0.6 is 0 Å². The van der Waals surface area contributed by atoms with E-state index in [9.17, 15) is 9.59 Å². The van der Waals surface area contributed by atoms with Crippen molar-refractivity contribution in [3.8, 4) is 5.75 Å². The second-order valence-electron chi connectivity index (χ2n) is 6.13. The van der Waals surface area contributed by atoms with E-state index in [-0.39, 0.29) is 17.9 Å². The summed E-state index contributed by atoms with van der Waals surface area (Å²) >= 11 is 0. The van der Waals surface area contributed by atoms with Crippen LogP contribution in [0.1, 0.15) is 35.3 Å². The summed E-state index contributed by atoms with van der Waals surface area (Å²) in [5, 5.41) is 2.98. The molecule has 1 aliphatic heterocycles. The van der Waals surface area contributed by atoms with Crippen molar-refractivity contribution in [3.63, 3.8) is 0 Å². The molecule has 1 atom stereocenters. The van der Waals surface area contributed by atoms with E-state index in [0.717, 1.165) is 17.7 Å². The Kier molecular flexibility index (Phi) is 5.33. The quantitative estimate of drug-likeness (QED) is 0.866. The molecule has 7 nitrogen and oxygen atoms in total. The molecule has 2 amide bonds. The molecular formula is C18H22N4O3. The zero-order valence-corrected chi connectivity index (χ0v) is 14.2. The molecule has 1 aromatic heterocycles. The number of aromatic amines is 1. The van der Waals surface area contributed by atoms with Gasteiger partial charge in [0.25, 0.3) is 5.91 Å². The Morgan fingerprint density at radius 3 is 3.08 bits per heavy atom. The minimum absolute atomic E-state index is 0.0185. The van der Waals surface area contributed by atoms with Gasteiger partial charge in [0, 0.05) is 25.6 Å². The van der Waals surface area contributed by atoms with Crippen LogP contribution in [0.2, 0.25) is 0 Å². The standard InChI is InChI=1S/C18H22N4O3/c1-25-15-4-2-3-13(9-15)11-22-8-7-14(5-6-17(22)23)21-18(24)16-10-19-12-20-16/h2-4,9-10,12,14H,5-8,11H2,1H3,(H,19,20)(H,21,24). The van der Waals surface area contributed by atoms with Crippen LogP contribution in [0.3, 0.4) is 0 Å².